The van der Waals surface area contributed by atoms with Crippen molar-refractivity contribution in [3.05, 3.63) is 59.7 Å². The Morgan fingerprint density at radius 3 is 1.76 bits per heavy atom. The van der Waals surface area contributed by atoms with Gasteiger partial charge in [-0.25, -0.2) is 0 Å². The average Bonchev–Trinajstić information content (AvgIpc) is 2.61. The third-order valence-electron chi connectivity index (χ3n) is 4.21. The molecule has 0 amide bonds. The molecule has 0 fully saturated rings. The van der Waals surface area contributed by atoms with Crippen molar-refractivity contribution >= 4 is 11.9 Å². The highest BCUT2D eigenvalue weighted by Gasteiger charge is 2.32. The lowest BCUT2D eigenvalue weighted by Gasteiger charge is -2.30. The molecule has 0 bridgehead atoms. The SMILES string of the molecule is COC(=O)CC(C)(c1ccc(OC)cc1)c1ccc(OC(C)=O)cc1. The fourth-order valence-corrected chi connectivity index (χ4v) is 2.75. The van der Waals surface area contributed by atoms with Crippen LogP contribution in [0.2, 0.25) is 0 Å². The van der Waals surface area contributed by atoms with E-state index in [2.05, 4.69) is 0 Å². The maximum Gasteiger partial charge on any atom is 0.308 e. The molecule has 1 unspecified atom stereocenters. The second-order valence-corrected chi connectivity index (χ2v) is 5.93. The van der Waals surface area contributed by atoms with Crippen LogP contribution >= 0.6 is 0 Å². The van der Waals surface area contributed by atoms with Crippen molar-refractivity contribution in [2.24, 2.45) is 0 Å². The van der Waals surface area contributed by atoms with Crippen molar-refractivity contribution in [3.63, 3.8) is 0 Å². The molecule has 0 spiro atoms. The minimum atomic E-state index is -0.589. The zero-order chi connectivity index (χ0) is 18.4. The summed E-state index contributed by atoms with van der Waals surface area (Å²) in [7, 11) is 2.98. The summed E-state index contributed by atoms with van der Waals surface area (Å²) in [5.74, 6) is 0.531. The Labute approximate surface area is 147 Å². The minimum absolute atomic E-state index is 0.183. The molecule has 25 heavy (non-hydrogen) atoms. The van der Waals surface area contributed by atoms with Crippen LogP contribution in [-0.2, 0) is 19.7 Å². The molecule has 0 aliphatic heterocycles. The molecule has 2 aromatic rings. The number of hydrogen-bond acceptors (Lipinski definition) is 5. The zero-order valence-corrected chi connectivity index (χ0v) is 14.9. The molecular formula is C20H22O5. The molecule has 0 saturated carbocycles. The minimum Gasteiger partial charge on any atom is -0.497 e. The fraction of sp³-hybridized carbons (Fsp3) is 0.300. The molecule has 0 aliphatic rings. The van der Waals surface area contributed by atoms with Crippen molar-refractivity contribution in [1.29, 1.82) is 0 Å². The Balaban J connectivity index is 2.43. The molecular weight excluding hydrogens is 320 g/mol. The number of ether oxygens (including phenoxy) is 3. The second-order valence-electron chi connectivity index (χ2n) is 5.93. The Morgan fingerprint density at radius 1 is 0.880 bits per heavy atom. The van der Waals surface area contributed by atoms with E-state index in [4.69, 9.17) is 14.2 Å². The largest absolute Gasteiger partial charge is 0.497 e. The van der Waals surface area contributed by atoms with E-state index in [0.29, 0.717) is 5.75 Å². The highest BCUT2D eigenvalue weighted by molar-refractivity contribution is 5.73. The lowest BCUT2D eigenvalue weighted by molar-refractivity contribution is -0.141. The van der Waals surface area contributed by atoms with Crippen LogP contribution in [0.1, 0.15) is 31.4 Å². The average molecular weight is 342 g/mol. The van der Waals surface area contributed by atoms with Gasteiger partial charge in [-0.1, -0.05) is 31.2 Å². The maximum absolute atomic E-state index is 12.0. The van der Waals surface area contributed by atoms with Crippen molar-refractivity contribution in [3.8, 4) is 11.5 Å². The Hall–Kier alpha value is -2.82. The van der Waals surface area contributed by atoms with Gasteiger partial charge in [0, 0.05) is 12.3 Å². The van der Waals surface area contributed by atoms with Gasteiger partial charge < -0.3 is 14.2 Å². The number of carbonyl (C=O) groups excluding carboxylic acids is 2. The highest BCUT2D eigenvalue weighted by atomic mass is 16.5. The summed E-state index contributed by atoms with van der Waals surface area (Å²) in [6, 6.07) is 14.7. The first kappa shape index (κ1) is 18.5. The third-order valence-corrected chi connectivity index (χ3v) is 4.21. The molecule has 1 atom stereocenters. The van der Waals surface area contributed by atoms with E-state index >= 15 is 0 Å². The van der Waals surface area contributed by atoms with Crippen LogP contribution in [0.3, 0.4) is 0 Å². The number of esters is 2. The van der Waals surface area contributed by atoms with Crippen LogP contribution in [0.25, 0.3) is 0 Å². The quantitative estimate of drug-likeness (QED) is 0.594. The number of hydrogen-bond donors (Lipinski definition) is 0. The van der Waals surface area contributed by atoms with Crippen molar-refractivity contribution in [2.45, 2.75) is 25.7 Å². The smallest absolute Gasteiger partial charge is 0.308 e. The summed E-state index contributed by atoms with van der Waals surface area (Å²) in [5, 5.41) is 0. The van der Waals surface area contributed by atoms with Crippen LogP contribution in [0, 0.1) is 0 Å². The Kier molecular flexibility index (Phi) is 5.80. The molecule has 2 rings (SSSR count). The van der Waals surface area contributed by atoms with E-state index in [1.807, 2.05) is 43.3 Å². The van der Waals surface area contributed by atoms with Gasteiger partial charge in [-0.3, -0.25) is 9.59 Å². The van der Waals surface area contributed by atoms with E-state index in [1.54, 1.807) is 19.2 Å². The van der Waals surface area contributed by atoms with Crippen LogP contribution < -0.4 is 9.47 Å². The number of carbonyl (C=O) groups is 2. The van der Waals surface area contributed by atoms with Gasteiger partial charge in [0.1, 0.15) is 11.5 Å². The monoisotopic (exact) mass is 342 g/mol. The van der Waals surface area contributed by atoms with E-state index in [-0.39, 0.29) is 18.4 Å². The fourth-order valence-electron chi connectivity index (χ4n) is 2.75. The van der Waals surface area contributed by atoms with Crippen molar-refractivity contribution < 1.29 is 23.8 Å². The second kappa shape index (κ2) is 7.83. The molecule has 0 radical (unpaired) electrons. The standard InChI is InChI=1S/C20H22O5/c1-14(21)25-18-11-7-16(8-12-18)20(2,13-19(22)24-4)15-5-9-17(23-3)10-6-15/h5-12H,13H2,1-4H3. The predicted molar refractivity (Wildman–Crippen MR) is 93.8 cm³/mol. The first-order chi connectivity index (χ1) is 11.9. The van der Waals surface area contributed by atoms with Gasteiger partial charge in [0.2, 0.25) is 0 Å². The van der Waals surface area contributed by atoms with Gasteiger partial charge in [-0.15, -0.1) is 0 Å². The van der Waals surface area contributed by atoms with Crippen LogP contribution in [-0.4, -0.2) is 26.2 Å². The lowest BCUT2D eigenvalue weighted by Crippen LogP contribution is -2.28. The topological polar surface area (TPSA) is 61.8 Å². The van der Waals surface area contributed by atoms with Crippen LogP contribution in [0.4, 0.5) is 0 Å². The number of rotatable bonds is 6. The lowest BCUT2D eigenvalue weighted by atomic mass is 9.73. The van der Waals surface area contributed by atoms with E-state index in [9.17, 15) is 9.59 Å². The van der Waals surface area contributed by atoms with E-state index < -0.39 is 5.41 Å². The van der Waals surface area contributed by atoms with Crippen LogP contribution in [0.5, 0.6) is 11.5 Å². The summed E-state index contributed by atoms with van der Waals surface area (Å²) in [6.07, 6.45) is 0.183. The molecule has 0 aliphatic carbocycles. The molecule has 0 saturated heterocycles. The number of methoxy groups -OCH3 is 2. The number of benzene rings is 2. The highest BCUT2D eigenvalue weighted by Crippen LogP contribution is 2.37. The predicted octanol–water partition coefficient (Wildman–Crippen LogP) is 3.49. The Bertz CT molecular complexity index is 734. The Morgan fingerprint density at radius 2 is 1.36 bits per heavy atom. The summed E-state index contributed by atoms with van der Waals surface area (Å²) in [5.41, 5.74) is 1.28. The third kappa shape index (κ3) is 4.38. The van der Waals surface area contributed by atoms with Crippen molar-refractivity contribution in [2.75, 3.05) is 14.2 Å². The molecule has 2 aromatic carbocycles. The molecule has 0 N–H and O–H groups in total. The first-order valence-electron chi connectivity index (χ1n) is 7.89. The zero-order valence-electron chi connectivity index (χ0n) is 14.9. The molecule has 5 heteroatoms. The summed E-state index contributed by atoms with van der Waals surface area (Å²) < 4.78 is 15.2. The maximum atomic E-state index is 12.0. The van der Waals surface area contributed by atoms with E-state index in [0.717, 1.165) is 16.9 Å². The van der Waals surface area contributed by atoms with Gasteiger partial charge >= 0.3 is 11.9 Å². The van der Waals surface area contributed by atoms with Gasteiger partial charge in [-0.05, 0) is 35.4 Å². The first-order valence-corrected chi connectivity index (χ1v) is 7.89. The summed E-state index contributed by atoms with van der Waals surface area (Å²) in [4.78, 5) is 23.1. The summed E-state index contributed by atoms with van der Waals surface area (Å²) >= 11 is 0. The normalized spacial score (nSPS) is 12.8. The molecule has 5 nitrogen and oxygen atoms in total. The van der Waals surface area contributed by atoms with Gasteiger partial charge in [0.05, 0.1) is 20.6 Å². The molecule has 0 heterocycles. The van der Waals surface area contributed by atoms with Gasteiger partial charge in [-0.2, -0.15) is 0 Å². The summed E-state index contributed by atoms with van der Waals surface area (Å²) in [6.45, 7) is 3.33. The van der Waals surface area contributed by atoms with E-state index in [1.165, 1.54) is 14.0 Å². The molecule has 0 aromatic heterocycles. The van der Waals surface area contributed by atoms with Gasteiger partial charge in [0.15, 0.2) is 0 Å². The van der Waals surface area contributed by atoms with Gasteiger partial charge in [0.25, 0.3) is 0 Å². The molecule has 132 valence electrons. The van der Waals surface area contributed by atoms with Crippen molar-refractivity contribution in [1.82, 2.24) is 0 Å². The van der Waals surface area contributed by atoms with Crippen LogP contribution in [0.15, 0.2) is 48.5 Å².